The van der Waals surface area contributed by atoms with Gasteiger partial charge in [-0.15, -0.1) is 0 Å². The topological polar surface area (TPSA) is 84.2 Å². The average Bonchev–Trinajstić information content (AvgIpc) is 2.83. The molecular weight excluding hydrogens is 246 g/mol. The number of carboxylic acid groups (broad SMARTS) is 1. The van der Waals surface area contributed by atoms with E-state index in [1.165, 1.54) is 0 Å². The fourth-order valence-corrected chi connectivity index (χ4v) is 2.50. The summed E-state index contributed by atoms with van der Waals surface area (Å²) >= 11 is 0. The normalized spacial score (nSPS) is 19.4. The Morgan fingerprint density at radius 1 is 1.47 bits per heavy atom. The second-order valence-corrected chi connectivity index (χ2v) is 4.63. The quantitative estimate of drug-likeness (QED) is 0.848. The number of piperidine rings is 1. The Balaban J connectivity index is 2.09. The first-order valence-corrected chi connectivity index (χ1v) is 6.12. The van der Waals surface area contributed by atoms with Gasteiger partial charge in [0.15, 0.2) is 0 Å². The molecule has 2 heterocycles. The molecule has 2 aromatic rings. The first-order valence-electron chi connectivity index (χ1n) is 6.12. The van der Waals surface area contributed by atoms with Gasteiger partial charge < -0.3 is 15.0 Å². The van der Waals surface area contributed by atoms with Gasteiger partial charge in [0.1, 0.15) is 0 Å². The molecule has 0 spiro atoms. The largest absolute Gasteiger partial charge is 0.478 e. The minimum atomic E-state index is -0.966. The lowest BCUT2D eigenvalue weighted by Gasteiger charge is -2.24. The number of carboxylic acids is 1. The predicted octanol–water partition coefficient (Wildman–Crippen LogP) is 1.19. The van der Waals surface area contributed by atoms with Crippen molar-refractivity contribution in [2.75, 3.05) is 6.54 Å². The Labute approximate surface area is 109 Å². The molecule has 98 valence electrons. The Morgan fingerprint density at radius 2 is 2.32 bits per heavy atom. The molecule has 0 aliphatic carbocycles. The van der Waals surface area contributed by atoms with Gasteiger partial charge >= 0.3 is 5.97 Å². The van der Waals surface area contributed by atoms with Crippen LogP contribution < -0.4 is 5.32 Å². The van der Waals surface area contributed by atoms with Crippen LogP contribution in [0.2, 0.25) is 0 Å². The third-order valence-electron chi connectivity index (χ3n) is 3.46. The molecule has 6 nitrogen and oxygen atoms in total. The third-order valence-corrected chi connectivity index (χ3v) is 3.46. The number of aromatic nitrogens is 2. The van der Waals surface area contributed by atoms with Crippen LogP contribution in [0.4, 0.5) is 0 Å². The summed E-state index contributed by atoms with van der Waals surface area (Å²) in [6.07, 6.45) is 2.81. The molecule has 1 aliphatic heterocycles. The summed E-state index contributed by atoms with van der Waals surface area (Å²) in [4.78, 5) is 26.7. The van der Waals surface area contributed by atoms with Crippen molar-refractivity contribution in [2.24, 2.45) is 0 Å². The molecule has 1 aromatic heterocycles. The number of carbonyl (C=O) groups excluding carboxylic acids is 1. The Morgan fingerprint density at radius 3 is 3.00 bits per heavy atom. The molecule has 1 unspecified atom stereocenters. The van der Waals surface area contributed by atoms with Gasteiger partial charge in [-0.25, -0.2) is 9.78 Å². The molecule has 0 radical (unpaired) electrons. The molecule has 1 aromatic carbocycles. The van der Waals surface area contributed by atoms with Crippen LogP contribution in [0.15, 0.2) is 24.5 Å². The highest BCUT2D eigenvalue weighted by Crippen LogP contribution is 2.25. The summed E-state index contributed by atoms with van der Waals surface area (Å²) < 4.78 is 1.86. The molecule has 0 saturated carbocycles. The van der Waals surface area contributed by atoms with Crippen LogP contribution in [0.25, 0.3) is 11.0 Å². The average molecular weight is 259 g/mol. The SMILES string of the molecule is O=C1CCC(n2cnc3cccc(C(=O)O)c32)CN1. The van der Waals surface area contributed by atoms with Crippen molar-refractivity contribution < 1.29 is 14.7 Å². The number of fused-ring (bicyclic) bond motifs is 1. The number of hydrogen-bond acceptors (Lipinski definition) is 3. The van der Waals surface area contributed by atoms with E-state index in [2.05, 4.69) is 10.3 Å². The lowest BCUT2D eigenvalue weighted by Crippen LogP contribution is -2.36. The van der Waals surface area contributed by atoms with Gasteiger partial charge in [0.25, 0.3) is 0 Å². The zero-order valence-corrected chi connectivity index (χ0v) is 10.2. The van der Waals surface area contributed by atoms with Crippen molar-refractivity contribution in [1.29, 1.82) is 0 Å². The van der Waals surface area contributed by atoms with E-state index in [1.54, 1.807) is 24.5 Å². The highest BCUT2D eigenvalue weighted by atomic mass is 16.4. The van der Waals surface area contributed by atoms with Crippen LogP contribution in [0, 0.1) is 0 Å². The number of para-hydroxylation sites is 1. The van der Waals surface area contributed by atoms with Gasteiger partial charge in [-0.2, -0.15) is 0 Å². The van der Waals surface area contributed by atoms with Crippen molar-refractivity contribution in [1.82, 2.24) is 14.9 Å². The molecule has 19 heavy (non-hydrogen) atoms. The Hall–Kier alpha value is -2.37. The summed E-state index contributed by atoms with van der Waals surface area (Å²) in [5, 5.41) is 12.1. The van der Waals surface area contributed by atoms with E-state index in [0.717, 1.165) is 0 Å². The van der Waals surface area contributed by atoms with E-state index in [9.17, 15) is 14.7 Å². The van der Waals surface area contributed by atoms with Crippen LogP contribution in [0.5, 0.6) is 0 Å². The van der Waals surface area contributed by atoms with Crippen LogP contribution in [-0.2, 0) is 4.79 Å². The number of rotatable bonds is 2. The number of nitrogens with zero attached hydrogens (tertiary/aromatic N) is 2. The number of benzene rings is 1. The van der Waals surface area contributed by atoms with Gasteiger partial charge in [-0.3, -0.25) is 4.79 Å². The van der Waals surface area contributed by atoms with E-state index >= 15 is 0 Å². The van der Waals surface area contributed by atoms with E-state index in [-0.39, 0.29) is 17.5 Å². The molecule has 1 amide bonds. The summed E-state index contributed by atoms with van der Waals surface area (Å²) in [6, 6.07) is 5.11. The number of carbonyl (C=O) groups is 2. The maximum atomic E-state index is 11.3. The maximum Gasteiger partial charge on any atom is 0.337 e. The van der Waals surface area contributed by atoms with Gasteiger partial charge in [-0.05, 0) is 18.6 Å². The van der Waals surface area contributed by atoms with Crippen LogP contribution in [-0.4, -0.2) is 33.1 Å². The zero-order valence-electron chi connectivity index (χ0n) is 10.2. The van der Waals surface area contributed by atoms with E-state index < -0.39 is 5.97 Å². The monoisotopic (exact) mass is 259 g/mol. The molecule has 3 rings (SSSR count). The Bertz CT molecular complexity index is 652. The second kappa shape index (κ2) is 4.38. The van der Waals surface area contributed by atoms with E-state index in [0.29, 0.717) is 30.4 Å². The zero-order chi connectivity index (χ0) is 13.4. The van der Waals surface area contributed by atoms with Crippen molar-refractivity contribution in [3.8, 4) is 0 Å². The number of nitrogens with one attached hydrogen (secondary N) is 1. The standard InChI is InChI=1S/C13H13N3O3/c17-11-5-4-8(6-14-11)16-7-15-10-3-1-2-9(12(10)16)13(18)19/h1-3,7-8H,4-6H2,(H,14,17)(H,18,19). The van der Waals surface area contributed by atoms with Crippen molar-refractivity contribution in [2.45, 2.75) is 18.9 Å². The number of amides is 1. The van der Waals surface area contributed by atoms with Crippen LogP contribution in [0.3, 0.4) is 0 Å². The number of aromatic carboxylic acids is 1. The van der Waals surface area contributed by atoms with Gasteiger partial charge in [0.2, 0.25) is 5.91 Å². The number of hydrogen-bond donors (Lipinski definition) is 2. The first-order chi connectivity index (χ1) is 9.16. The number of imidazole rings is 1. The first kappa shape index (κ1) is 11.7. The second-order valence-electron chi connectivity index (χ2n) is 4.63. The van der Waals surface area contributed by atoms with Crippen molar-refractivity contribution in [3.05, 3.63) is 30.1 Å². The van der Waals surface area contributed by atoms with Crippen molar-refractivity contribution >= 4 is 22.9 Å². The third kappa shape index (κ3) is 1.95. The molecule has 0 bridgehead atoms. The van der Waals surface area contributed by atoms with Crippen LogP contribution >= 0.6 is 0 Å². The fourth-order valence-electron chi connectivity index (χ4n) is 2.50. The fraction of sp³-hybridized carbons (Fsp3) is 0.308. The highest BCUT2D eigenvalue weighted by molar-refractivity contribution is 6.01. The lowest BCUT2D eigenvalue weighted by atomic mass is 10.1. The summed E-state index contributed by atoms with van der Waals surface area (Å²) in [5.74, 6) is -0.925. The molecular formula is C13H13N3O3. The highest BCUT2D eigenvalue weighted by Gasteiger charge is 2.23. The summed E-state index contributed by atoms with van der Waals surface area (Å²) in [7, 11) is 0. The van der Waals surface area contributed by atoms with Gasteiger partial charge in [-0.1, -0.05) is 6.07 Å². The summed E-state index contributed by atoms with van der Waals surface area (Å²) in [5.41, 5.74) is 1.53. The molecule has 1 saturated heterocycles. The minimum absolute atomic E-state index is 0.0409. The molecule has 2 N–H and O–H groups in total. The van der Waals surface area contributed by atoms with E-state index in [1.807, 2.05) is 4.57 Å². The molecule has 1 atom stereocenters. The van der Waals surface area contributed by atoms with Crippen LogP contribution in [0.1, 0.15) is 29.2 Å². The lowest BCUT2D eigenvalue weighted by molar-refractivity contribution is -0.122. The smallest absolute Gasteiger partial charge is 0.337 e. The van der Waals surface area contributed by atoms with Crippen molar-refractivity contribution in [3.63, 3.8) is 0 Å². The Kier molecular flexibility index (Phi) is 2.70. The van der Waals surface area contributed by atoms with Gasteiger partial charge in [0.05, 0.1) is 29.0 Å². The molecule has 1 aliphatic rings. The summed E-state index contributed by atoms with van der Waals surface area (Å²) in [6.45, 7) is 0.512. The van der Waals surface area contributed by atoms with Gasteiger partial charge in [0, 0.05) is 13.0 Å². The van der Waals surface area contributed by atoms with E-state index in [4.69, 9.17) is 0 Å². The minimum Gasteiger partial charge on any atom is -0.478 e. The molecule has 1 fully saturated rings. The predicted molar refractivity (Wildman–Crippen MR) is 68.0 cm³/mol. The molecule has 6 heteroatoms. The maximum absolute atomic E-state index is 11.3.